The Morgan fingerprint density at radius 1 is 1.41 bits per heavy atom. The fourth-order valence-corrected chi connectivity index (χ4v) is 3.81. The van der Waals surface area contributed by atoms with Crippen molar-refractivity contribution in [3.05, 3.63) is 29.8 Å². The molecule has 1 aliphatic rings. The van der Waals surface area contributed by atoms with E-state index in [-0.39, 0.29) is 17.8 Å². The third kappa shape index (κ3) is 4.45. The largest absolute Gasteiger partial charge is 0.496 e. The van der Waals surface area contributed by atoms with Crippen LogP contribution in [-0.2, 0) is 25.1 Å². The van der Waals surface area contributed by atoms with Gasteiger partial charge in [-0.1, -0.05) is 18.2 Å². The summed E-state index contributed by atoms with van der Waals surface area (Å²) in [5.41, 5.74) is 0.563. The predicted octanol–water partition coefficient (Wildman–Crippen LogP) is 0.857. The van der Waals surface area contributed by atoms with E-state index < -0.39 is 15.6 Å². The first-order valence-corrected chi connectivity index (χ1v) is 8.95. The van der Waals surface area contributed by atoms with Crippen LogP contribution in [0.1, 0.15) is 12.5 Å². The van der Waals surface area contributed by atoms with Crippen molar-refractivity contribution >= 4 is 15.7 Å². The monoisotopic (exact) mass is 327 g/mol. The van der Waals surface area contributed by atoms with Gasteiger partial charge in [0.25, 0.3) is 0 Å². The topological polar surface area (TPSA) is 72.9 Å². The molecule has 1 fully saturated rings. The van der Waals surface area contributed by atoms with Crippen LogP contribution in [0.4, 0.5) is 0 Å². The summed E-state index contributed by atoms with van der Waals surface area (Å²) < 4.78 is 35.0. The molecule has 0 radical (unpaired) electrons. The molecule has 1 saturated heterocycles. The van der Waals surface area contributed by atoms with Crippen LogP contribution in [-0.4, -0.2) is 57.9 Å². The lowest BCUT2D eigenvalue weighted by atomic mass is 10.2. The van der Waals surface area contributed by atoms with Gasteiger partial charge < -0.3 is 14.4 Å². The SMILES string of the molecule is COc1ccccc1CS(=O)(=O)CC(=O)N1CCO[C@@H](C)C1. The van der Waals surface area contributed by atoms with E-state index in [9.17, 15) is 13.2 Å². The van der Waals surface area contributed by atoms with Gasteiger partial charge in [-0.3, -0.25) is 4.79 Å². The van der Waals surface area contributed by atoms with Crippen molar-refractivity contribution in [1.29, 1.82) is 0 Å². The number of ether oxygens (including phenoxy) is 2. The molecular formula is C15H21NO5S. The third-order valence-electron chi connectivity index (χ3n) is 3.51. The minimum atomic E-state index is -3.55. The average Bonchev–Trinajstić information content (AvgIpc) is 2.47. The molecule has 0 saturated carbocycles. The number of rotatable bonds is 5. The van der Waals surface area contributed by atoms with Crippen LogP contribution in [0.15, 0.2) is 24.3 Å². The van der Waals surface area contributed by atoms with E-state index in [0.29, 0.717) is 31.0 Å². The minimum absolute atomic E-state index is 0.0605. The number of sulfone groups is 1. The Morgan fingerprint density at radius 3 is 2.82 bits per heavy atom. The van der Waals surface area contributed by atoms with Crippen molar-refractivity contribution in [2.75, 3.05) is 32.6 Å². The van der Waals surface area contributed by atoms with Gasteiger partial charge in [0, 0.05) is 18.7 Å². The Balaban J connectivity index is 2.03. The van der Waals surface area contributed by atoms with Gasteiger partial charge in [-0.05, 0) is 13.0 Å². The van der Waals surface area contributed by atoms with Gasteiger partial charge in [-0.15, -0.1) is 0 Å². The molecule has 1 aliphatic heterocycles. The molecule has 1 heterocycles. The van der Waals surface area contributed by atoms with Gasteiger partial charge in [0.05, 0.1) is 25.6 Å². The molecule has 1 aromatic carbocycles. The lowest BCUT2D eigenvalue weighted by Gasteiger charge is -2.31. The first-order chi connectivity index (χ1) is 10.4. The summed E-state index contributed by atoms with van der Waals surface area (Å²) in [7, 11) is -2.05. The van der Waals surface area contributed by atoms with Crippen LogP contribution in [0.2, 0.25) is 0 Å². The van der Waals surface area contributed by atoms with Crippen LogP contribution in [0.3, 0.4) is 0 Å². The zero-order valence-electron chi connectivity index (χ0n) is 12.8. The van der Waals surface area contributed by atoms with Gasteiger partial charge in [0.2, 0.25) is 5.91 Å². The number of morpholine rings is 1. The average molecular weight is 327 g/mol. The third-order valence-corrected chi connectivity index (χ3v) is 4.94. The summed E-state index contributed by atoms with van der Waals surface area (Å²) in [5.74, 6) is -0.552. The highest BCUT2D eigenvalue weighted by molar-refractivity contribution is 7.91. The zero-order valence-corrected chi connectivity index (χ0v) is 13.6. The zero-order chi connectivity index (χ0) is 16.2. The van der Waals surface area contributed by atoms with Crippen molar-refractivity contribution in [3.8, 4) is 5.75 Å². The molecule has 1 aromatic rings. The molecule has 122 valence electrons. The van der Waals surface area contributed by atoms with E-state index in [0.717, 1.165) is 0 Å². The Labute approximate surface area is 130 Å². The second-order valence-electron chi connectivity index (χ2n) is 5.37. The number of carbonyl (C=O) groups excluding carboxylic acids is 1. The maximum Gasteiger partial charge on any atom is 0.237 e. The molecule has 1 atom stereocenters. The van der Waals surface area contributed by atoms with Gasteiger partial charge in [-0.25, -0.2) is 8.42 Å². The van der Waals surface area contributed by atoms with Crippen molar-refractivity contribution in [1.82, 2.24) is 4.90 Å². The Kier molecular flexibility index (Phi) is 5.42. The van der Waals surface area contributed by atoms with Crippen molar-refractivity contribution < 1.29 is 22.7 Å². The molecule has 0 N–H and O–H groups in total. The molecule has 7 heteroatoms. The quantitative estimate of drug-likeness (QED) is 0.802. The van der Waals surface area contributed by atoms with Crippen molar-refractivity contribution in [2.45, 2.75) is 18.8 Å². The lowest BCUT2D eigenvalue weighted by molar-refractivity contribution is -0.135. The second kappa shape index (κ2) is 7.11. The summed E-state index contributed by atoms with van der Waals surface area (Å²) in [6.45, 7) is 3.18. The molecule has 1 amide bonds. The molecule has 0 spiro atoms. The summed E-state index contributed by atoms with van der Waals surface area (Å²) in [5, 5.41) is 0. The van der Waals surface area contributed by atoms with E-state index in [1.54, 1.807) is 29.2 Å². The number of carbonyl (C=O) groups is 1. The van der Waals surface area contributed by atoms with Crippen LogP contribution < -0.4 is 4.74 Å². The number of nitrogens with zero attached hydrogens (tertiary/aromatic N) is 1. The summed E-state index contributed by atoms with van der Waals surface area (Å²) >= 11 is 0. The normalized spacial score (nSPS) is 19.0. The molecule has 2 rings (SSSR count). The summed E-state index contributed by atoms with van der Waals surface area (Å²) in [6, 6.07) is 6.92. The van der Waals surface area contributed by atoms with Crippen LogP contribution in [0, 0.1) is 0 Å². The maximum atomic E-state index is 12.3. The van der Waals surface area contributed by atoms with Crippen molar-refractivity contribution in [3.63, 3.8) is 0 Å². The number of hydrogen-bond acceptors (Lipinski definition) is 5. The van der Waals surface area contributed by atoms with E-state index in [1.807, 2.05) is 6.92 Å². The van der Waals surface area contributed by atoms with Crippen molar-refractivity contribution in [2.24, 2.45) is 0 Å². The number of para-hydroxylation sites is 1. The fourth-order valence-electron chi connectivity index (χ4n) is 2.43. The number of hydrogen-bond donors (Lipinski definition) is 0. The molecule has 6 nitrogen and oxygen atoms in total. The first kappa shape index (κ1) is 16.8. The highest BCUT2D eigenvalue weighted by Gasteiger charge is 2.26. The number of amides is 1. The highest BCUT2D eigenvalue weighted by atomic mass is 32.2. The Hall–Kier alpha value is -1.60. The predicted molar refractivity (Wildman–Crippen MR) is 82.5 cm³/mol. The van der Waals surface area contributed by atoms with Gasteiger partial charge in [-0.2, -0.15) is 0 Å². The van der Waals surface area contributed by atoms with E-state index >= 15 is 0 Å². The van der Waals surface area contributed by atoms with Crippen LogP contribution in [0.25, 0.3) is 0 Å². The molecule has 0 aromatic heterocycles. The van der Waals surface area contributed by atoms with Crippen LogP contribution >= 0.6 is 0 Å². The number of methoxy groups -OCH3 is 1. The fraction of sp³-hybridized carbons (Fsp3) is 0.533. The van der Waals surface area contributed by atoms with Gasteiger partial charge in [0.1, 0.15) is 11.5 Å². The number of benzene rings is 1. The van der Waals surface area contributed by atoms with E-state index in [2.05, 4.69) is 0 Å². The Bertz CT molecular complexity index is 629. The Morgan fingerprint density at radius 2 is 2.14 bits per heavy atom. The second-order valence-corrected chi connectivity index (χ2v) is 7.43. The lowest BCUT2D eigenvalue weighted by Crippen LogP contribution is -2.46. The maximum absolute atomic E-state index is 12.3. The summed E-state index contributed by atoms with van der Waals surface area (Å²) in [6.07, 6.45) is -0.0605. The van der Waals surface area contributed by atoms with E-state index in [4.69, 9.17) is 9.47 Å². The summed E-state index contributed by atoms with van der Waals surface area (Å²) in [4.78, 5) is 13.7. The first-order valence-electron chi connectivity index (χ1n) is 7.13. The highest BCUT2D eigenvalue weighted by Crippen LogP contribution is 2.20. The molecule has 0 unspecified atom stereocenters. The van der Waals surface area contributed by atoms with E-state index in [1.165, 1.54) is 7.11 Å². The standard InChI is InChI=1S/C15H21NO5S/c1-12-9-16(7-8-21-12)15(17)11-22(18,19)10-13-5-3-4-6-14(13)20-2/h3-6,12H,7-11H2,1-2H3/t12-/m0/s1. The smallest absolute Gasteiger partial charge is 0.237 e. The molecule has 0 bridgehead atoms. The van der Waals surface area contributed by atoms with Gasteiger partial charge >= 0.3 is 0 Å². The molecule has 22 heavy (non-hydrogen) atoms. The van der Waals surface area contributed by atoms with Crippen LogP contribution in [0.5, 0.6) is 5.75 Å². The van der Waals surface area contributed by atoms with Gasteiger partial charge in [0.15, 0.2) is 9.84 Å². The molecule has 0 aliphatic carbocycles. The minimum Gasteiger partial charge on any atom is -0.496 e. The molecular weight excluding hydrogens is 306 g/mol.